The van der Waals surface area contributed by atoms with Crippen molar-refractivity contribution in [3.63, 3.8) is 0 Å². The molecular weight excluding hydrogens is 260 g/mol. The Morgan fingerprint density at radius 2 is 1.80 bits per heavy atom. The monoisotopic (exact) mass is 290 g/mol. The third kappa shape index (κ3) is 8.47. The normalized spacial score (nSPS) is 14.3. The molecule has 2 N–H and O–H groups in total. The van der Waals surface area contributed by atoms with Gasteiger partial charge in [-0.2, -0.15) is 0 Å². The lowest BCUT2D eigenvalue weighted by atomic mass is 9.99. The van der Waals surface area contributed by atoms with Crippen LogP contribution >= 0.6 is 0 Å². The standard InChI is InChI=1S/C14H30N2O4/c1-5-20-13(17)14(2,15)7-9-16(10-12-19-4)8-6-11-18-3/h5-12,15H2,1-4H3. The molecule has 6 heteroatoms. The van der Waals surface area contributed by atoms with Gasteiger partial charge in [0, 0.05) is 40.5 Å². The Morgan fingerprint density at radius 3 is 2.35 bits per heavy atom. The zero-order valence-corrected chi connectivity index (χ0v) is 13.3. The van der Waals surface area contributed by atoms with Crippen molar-refractivity contribution in [2.45, 2.75) is 32.2 Å². The molecule has 6 nitrogen and oxygen atoms in total. The van der Waals surface area contributed by atoms with Gasteiger partial charge in [0.1, 0.15) is 5.54 Å². The van der Waals surface area contributed by atoms with Crippen LogP contribution in [0.15, 0.2) is 0 Å². The summed E-state index contributed by atoms with van der Waals surface area (Å²) in [6, 6.07) is 0. The van der Waals surface area contributed by atoms with E-state index in [0.29, 0.717) is 19.6 Å². The Bertz CT molecular complexity index is 260. The number of nitrogens with zero attached hydrogens (tertiary/aromatic N) is 1. The molecule has 0 heterocycles. The van der Waals surface area contributed by atoms with Crippen LogP contribution < -0.4 is 5.73 Å². The minimum absolute atomic E-state index is 0.344. The average molecular weight is 290 g/mol. The van der Waals surface area contributed by atoms with Crippen molar-refractivity contribution in [3.05, 3.63) is 0 Å². The summed E-state index contributed by atoms with van der Waals surface area (Å²) in [5.41, 5.74) is 5.08. The number of carbonyl (C=O) groups is 1. The zero-order valence-electron chi connectivity index (χ0n) is 13.3. The van der Waals surface area contributed by atoms with Crippen LogP contribution in [-0.4, -0.2) is 70.1 Å². The number of carbonyl (C=O) groups excluding carboxylic acids is 1. The van der Waals surface area contributed by atoms with E-state index < -0.39 is 5.54 Å². The lowest BCUT2D eigenvalue weighted by molar-refractivity contribution is -0.149. The third-order valence-electron chi connectivity index (χ3n) is 3.12. The summed E-state index contributed by atoms with van der Waals surface area (Å²) in [6.45, 7) is 7.69. The second-order valence-electron chi connectivity index (χ2n) is 5.07. The van der Waals surface area contributed by atoms with Crippen LogP contribution in [0.5, 0.6) is 0 Å². The first-order valence-corrected chi connectivity index (χ1v) is 7.14. The molecule has 0 amide bonds. The highest BCUT2D eigenvalue weighted by molar-refractivity contribution is 5.79. The highest BCUT2D eigenvalue weighted by Gasteiger charge is 2.30. The molecule has 0 aromatic carbocycles. The first kappa shape index (κ1) is 19.3. The van der Waals surface area contributed by atoms with Crippen LogP contribution in [0.3, 0.4) is 0 Å². The minimum atomic E-state index is -0.942. The third-order valence-corrected chi connectivity index (χ3v) is 3.12. The van der Waals surface area contributed by atoms with Crippen LogP contribution in [0.2, 0.25) is 0 Å². The maximum absolute atomic E-state index is 11.7. The van der Waals surface area contributed by atoms with Gasteiger partial charge >= 0.3 is 5.97 Å². The van der Waals surface area contributed by atoms with Crippen LogP contribution in [0.4, 0.5) is 0 Å². The van der Waals surface area contributed by atoms with E-state index in [4.69, 9.17) is 19.9 Å². The predicted molar refractivity (Wildman–Crippen MR) is 78.7 cm³/mol. The largest absolute Gasteiger partial charge is 0.465 e. The summed E-state index contributed by atoms with van der Waals surface area (Å²) in [5.74, 6) is -0.344. The van der Waals surface area contributed by atoms with E-state index in [2.05, 4.69) is 4.90 Å². The van der Waals surface area contributed by atoms with Crippen LogP contribution in [-0.2, 0) is 19.0 Å². The topological polar surface area (TPSA) is 74.0 Å². The van der Waals surface area contributed by atoms with E-state index in [1.165, 1.54) is 0 Å². The summed E-state index contributed by atoms with van der Waals surface area (Å²) in [5, 5.41) is 0. The fourth-order valence-corrected chi connectivity index (χ4v) is 1.78. The van der Waals surface area contributed by atoms with Gasteiger partial charge < -0.3 is 24.8 Å². The van der Waals surface area contributed by atoms with E-state index in [1.54, 1.807) is 28.1 Å². The minimum Gasteiger partial charge on any atom is -0.465 e. The van der Waals surface area contributed by atoms with Crippen molar-refractivity contribution in [2.24, 2.45) is 5.73 Å². The molecule has 0 fully saturated rings. The molecule has 1 unspecified atom stereocenters. The van der Waals surface area contributed by atoms with Crippen molar-refractivity contribution in [3.8, 4) is 0 Å². The Morgan fingerprint density at radius 1 is 1.15 bits per heavy atom. The first-order chi connectivity index (χ1) is 9.47. The molecule has 0 saturated carbocycles. The summed E-state index contributed by atoms with van der Waals surface area (Å²) >= 11 is 0. The molecule has 0 aromatic heterocycles. The number of methoxy groups -OCH3 is 2. The molecule has 120 valence electrons. The Labute approximate surface area is 122 Å². The fourth-order valence-electron chi connectivity index (χ4n) is 1.78. The average Bonchev–Trinajstić information content (AvgIpc) is 2.41. The zero-order chi connectivity index (χ0) is 15.4. The highest BCUT2D eigenvalue weighted by Crippen LogP contribution is 2.10. The van der Waals surface area contributed by atoms with Crippen molar-refractivity contribution >= 4 is 5.97 Å². The Hall–Kier alpha value is -0.690. The summed E-state index contributed by atoms with van der Waals surface area (Å²) in [6.07, 6.45) is 1.50. The Kier molecular flexibility index (Phi) is 10.6. The van der Waals surface area contributed by atoms with E-state index >= 15 is 0 Å². The van der Waals surface area contributed by atoms with Gasteiger partial charge in [0.15, 0.2) is 0 Å². The molecule has 0 bridgehead atoms. The number of nitrogens with two attached hydrogens (primary N) is 1. The number of esters is 1. The molecule has 0 spiro atoms. The molecule has 0 rings (SSSR count). The van der Waals surface area contributed by atoms with E-state index in [-0.39, 0.29) is 5.97 Å². The lowest BCUT2D eigenvalue weighted by Crippen LogP contribution is -2.48. The molecule has 0 aliphatic heterocycles. The second kappa shape index (κ2) is 11.0. The van der Waals surface area contributed by atoms with Crippen molar-refractivity contribution in [2.75, 3.05) is 53.7 Å². The van der Waals surface area contributed by atoms with E-state index in [1.807, 2.05) is 0 Å². The van der Waals surface area contributed by atoms with Gasteiger partial charge in [-0.25, -0.2) is 0 Å². The van der Waals surface area contributed by atoms with Crippen LogP contribution in [0, 0.1) is 0 Å². The highest BCUT2D eigenvalue weighted by atomic mass is 16.5. The van der Waals surface area contributed by atoms with Gasteiger partial charge in [0.2, 0.25) is 0 Å². The van der Waals surface area contributed by atoms with E-state index in [9.17, 15) is 4.79 Å². The van der Waals surface area contributed by atoms with Crippen molar-refractivity contribution in [1.82, 2.24) is 4.90 Å². The van der Waals surface area contributed by atoms with E-state index in [0.717, 1.165) is 32.7 Å². The number of hydrogen-bond acceptors (Lipinski definition) is 6. The summed E-state index contributed by atoms with van der Waals surface area (Å²) < 4.78 is 15.1. The summed E-state index contributed by atoms with van der Waals surface area (Å²) in [7, 11) is 3.37. The van der Waals surface area contributed by atoms with Crippen molar-refractivity contribution < 1.29 is 19.0 Å². The number of ether oxygens (including phenoxy) is 3. The maximum atomic E-state index is 11.7. The van der Waals surface area contributed by atoms with Gasteiger partial charge in [0.25, 0.3) is 0 Å². The fraction of sp³-hybridized carbons (Fsp3) is 0.929. The lowest BCUT2D eigenvalue weighted by Gasteiger charge is -2.27. The van der Waals surface area contributed by atoms with Crippen LogP contribution in [0.1, 0.15) is 26.7 Å². The molecule has 0 saturated heterocycles. The molecule has 0 aliphatic rings. The first-order valence-electron chi connectivity index (χ1n) is 7.14. The molecular formula is C14H30N2O4. The predicted octanol–water partition coefficient (Wildman–Crippen LogP) is 0.642. The van der Waals surface area contributed by atoms with Gasteiger partial charge in [0.05, 0.1) is 13.2 Å². The Balaban J connectivity index is 4.23. The van der Waals surface area contributed by atoms with Crippen molar-refractivity contribution in [1.29, 1.82) is 0 Å². The van der Waals surface area contributed by atoms with Gasteiger partial charge in [-0.05, 0) is 26.7 Å². The van der Waals surface area contributed by atoms with Crippen LogP contribution in [0.25, 0.3) is 0 Å². The molecule has 0 radical (unpaired) electrons. The quantitative estimate of drug-likeness (QED) is 0.420. The smallest absolute Gasteiger partial charge is 0.325 e. The van der Waals surface area contributed by atoms with Gasteiger partial charge in [-0.15, -0.1) is 0 Å². The molecule has 0 aliphatic carbocycles. The molecule has 20 heavy (non-hydrogen) atoms. The summed E-state index contributed by atoms with van der Waals surface area (Å²) in [4.78, 5) is 14.0. The SMILES string of the molecule is CCOC(=O)C(C)(N)CCN(CCCOC)CCOC. The molecule has 0 aromatic rings. The number of hydrogen-bond donors (Lipinski definition) is 1. The maximum Gasteiger partial charge on any atom is 0.325 e. The van der Waals surface area contributed by atoms with Gasteiger partial charge in [-0.1, -0.05) is 0 Å². The number of rotatable bonds is 12. The second-order valence-corrected chi connectivity index (χ2v) is 5.07. The van der Waals surface area contributed by atoms with Gasteiger partial charge in [-0.3, -0.25) is 4.79 Å². The molecule has 1 atom stereocenters.